The molecule has 1 aromatic rings. The molecular formula is C12H16ClN3O. The van der Waals surface area contributed by atoms with Gasteiger partial charge in [0.1, 0.15) is 5.84 Å². The van der Waals surface area contributed by atoms with Gasteiger partial charge < -0.3 is 11.1 Å². The summed E-state index contributed by atoms with van der Waals surface area (Å²) in [5.41, 5.74) is 7.27. The second-order valence-electron chi connectivity index (χ2n) is 3.75. The van der Waals surface area contributed by atoms with E-state index in [2.05, 4.69) is 10.3 Å². The number of amides is 1. The summed E-state index contributed by atoms with van der Waals surface area (Å²) in [6.07, 6.45) is 0. The van der Waals surface area contributed by atoms with E-state index in [4.69, 9.17) is 17.3 Å². The summed E-state index contributed by atoms with van der Waals surface area (Å²) in [5.74, 6) is 0.508. The first kappa shape index (κ1) is 13.5. The van der Waals surface area contributed by atoms with E-state index in [1.807, 2.05) is 31.2 Å². The number of alkyl halides is 1. The molecule has 1 amide bonds. The third kappa shape index (κ3) is 4.44. The molecule has 0 aliphatic rings. The van der Waals surface area contributed by atoms with Gasteiger partial charge >= 0.3 is 0 Å². The van der Waals surface area contributed by atoms with Crippen LogP contribution >= 0.6 is 11.6 Å². The molecule has 0 fully saturated rings. The molecule has 0 aromatic heterocycles. The van der Waals surface area contributed by atoms with Crippen LogP contribution in [0.5, 0.6) is 0 Å². The average Bonchev–Trinajstić information content (AvgIpc) is 2.28. The fraction of sp³-hybridized carbons (Fsp3) is 0.333. The molecule has 0 saturated heterocycles. The largest absolute Gasteiger partial charge is 0.386 e. The molecular weight excluding hydrogens is 238 g/mol. The number of hydrogen-bond acceptors (Lipinski definition) is 2. The minimum absolute atomic E-state index is 0.0557. The number of nitrogens with two attached hydrogens (primary N) is 1. The number of aliphatic imine (C=N–C) groups is 1. The van der Waals surface area contributed by atoms with E-state index in [1.54, 1.807) is 0 Å². The van der Waals surface area contributed by atoms with Crippen LogP contribution in [0.15, 0.2) is 29.3 Å². The van der Waals surface area contributed by atoms with Crippen molar-refractivity contribution in [1.82, 2.24) is 5.32 Å². The van der Waals surface area contributed by atoms with Gasteiger partial charge in [-0.15, -0.1) is 11.6 Å². The number of halogens is 1. The highest BCUT2D eigenvalue weighted by molar-refractivity contribution is 6.28. The van der Waals surface area contributed by atoms with E-state index in [0.717, 1.165) is 11.3 Å². The number of hydrogen-bond donors (Lipinski definition) is 2. The highest BCUT2D eigenvalue weighted by Gasteiger charge is 2.06. The van der Waals surface area contributed by atoms with Gasteiger partial charge in [0.15, 0.2) is 0 Å². The second kappa shape index (κ2) is 6.25. The Morgan fingerprint density at radius 2 is 2.29 bits per heavy atom. The number of carbonyl (C=O) groups excluding carboxylic acids is 1. The van der Waals surface area contributed by atoms with Crippen molar-refractivity contribution in [2.45, 2.75) is 19.9 Å². The normalized spacial score (nSPS) is 13.2. The van der Waals surface area contributed by atoms with Crippen LogP contribution in [0.2, 0.25) is 0 Å². The Morgan fingerprint density at radius 3 is 2.88 bits per heavy atom. The molecule has 0 bridgehead atoms. The van der Waals surface area contributed by atoms with Gasteiger partial charge in [-0.05, 0) is 24.6 Å². The molecule has 0 spiro atoms. The van der Waals surface area contributed by atoms with Gasteiger partial charge in [-0.25, -0.2) is 4.99 Å². The Labute approximate surface area is 106 Å². The van der Waals surface area contributed by atoms with Crippen LogP contribution in [-0.4, -0.2) is 17.6 Å². The molecule has 4 nitrogen and oxygen atoms in total. The lowest BCUT2D eigenvalue weighted by atomic mass is 10.1. The number of carbonyl (C=O) groups is 1. The molecule has 0 aliphatic carbocycles. The number of nitrogens with one attached hydrogen (secondary N) is 1. The zero-order valence-corrected chi connectivity index (χ0v) is 10.7. The molecule has 0 heterocycles. The molecule has 1 aromatic carbocycles. The third-order valence-corrected chi connectivity index (χ3v) is 2.47. The van der Waals surface area contributed by atoms with Crippen molar-refractivity contribution in [3.63, 3.8) is 0 Å². The Hall–Kier alpha value is -1.55. The monoisotopic (exact) mass is 253 g/mol. The molecule has 3 N–H and O–H groups in total. The molecule has 5 heteroatoms. The summed E-state index contributed by atoms with van der Waals surface area (Å²) in [6, 6.07) is 7.45. The first-order valence-electron chi connectivity index (χ1n) is 5.29. The lowest BCUT2D eigenvalue weighted by Gasteiger charge is -2.13. The van der Waals surface area contributed by atoms with E-state index in [9.17, 15) is 4.79 Å². The number of amidine groups is 1. The fourth-order valence-electron chi connectivity index (χ4n) is 1.45. The summed E-state index contributed by atoms with van der Waals surface area (Å²) < 4.78 is 0. The second-order valence-corrected chi connectivity index (χ2v) is 4.02. The van der Waals surface area contributed by atoms with E-state index >= 15 is 0 Å². The maximum Gasteiger partial charge on any atom is 0.217 e. The van der Waals surface area contributed by atoms with Crippen LogP contribution in [0, 0.1) is 0 Å². The molecule has 0 saturated carbocycles. The first-order chi connectivity index (χ1) is 8.02. The topological polar surface area (TPSA) is 67.5 Å². The van der Waals surface area contributed by atoms with Crippen molar-refractivity contribution >= 4 is 29.0 Å². The Morgan fingerprint density at radius 1 is 1.59 bits per heavy atom. The molecule has 0 aliphatic heterocycles. The van der Waals surface area contributed by atoms with Crippen molar-refractivity contribution in [1.29, 1.82) is 0 Å². The van der Waals surface area contributed by atoms with Crippen LogP contribution in [0.1, 0.15) is 25.5 Å². The standard InChI is InChI=1S/C12H16ClN3O/c1-8(15-9(2)17)10-4-3-5-11(6-10)16-12(14)7-13/h3-6,8H,7H2,1-2H3,(H2,14,16)(H,15,17). The van der Waals surface area contributed by atoms with Crippen LogP contribution in [0.4, 0.5) is 5.69 Å². The van der Waals surface area contributed by atoms with Crippen LogP contribution in [0.25, 0.3) is 0 Å². The van der Waals surface area contributed by atoms with E-state index in [-0.39, 0.29) is 17.8 Å². The number of rotatable bonds is 4. The van der Waals surface area contributed by atoms with Crippen molar-refractivity contribution in [3.05, 3.63) is 29.8 Å². The Kier molecular flexibility index (Phi) is 4.97. The summed E-state index contributed by atoms with van der Waals surface area (Å²) in [7, 11) is 0. The summed E-state index contributed by atoms with van der Waals surface area (Å²) >= 11 is 5.56. The first-order valence-corrected chi connectivity index (χ1v) is 5.82. The average molecular weight is 254 g/mol. The SMILES string of the molecule is CC(=O)NC(C)c1cccc(N=C(N)CCl)c1. The minimum atomic E-state index is -0.0633. The highest BCUT2D eigenvalue weighted by Crippen LogP contribution is 2.19. The zero-order chi connectivity index (χ0) is 12.8. The third-order valence-electron chi connectivity index (χ3n) is 2.20. The maximum atomic E-state index is 11.0. The molecule has 0 radical (unpaired) electrons. The quantitative estimate of drug-likeness (QED) is 0.490. The van der Waals surface area contributed by atoms with E-state index in [0.29, 0.717) is 5.84 Å². The lowest BCUT2D eigenvalue weighted by molar-refractivity contribution is -0.119. The van der Waals surface area contributed by atoms with Crippen molar-refractivity contribution in [3.8, 4) is 0 Å². The Balaban J connectivity index is 2.89. The van der Waals surface area contributed by atoms with Crippen LogP contribution in [-0.2, 0) is 4.79 Å². The van der Waals surface area contributed by atoms with Gasteiger partial charge in [0.05, 0.1) is 17.6 Å². The van der Waals surface area contributed by atoms with Gasteiger partial charge in [0.25, 0.3) is 0 Å². The molecule has 17 heavy (non-hydrogen) atoms. The lowest BCUT2D eigenvalue weighted by Crippen LogP contribution is -2.23. The van der Waals surface area contributed by atoms with Gasteiger partial charge in [-0.3, -0.25) is 4.79 Å². The van der Waals surface area contributed by atoms with E-state index in [1.165, 1.54) is 6.92 Å². The summed E-state index contributed by atoms with van der Waals surface area (Å²) in [4.78, 5) is 15.1. The van der Waals surface area contributed by atoms with Crippen LogP contribution < -0.4 is 11.1 Å². The van der Waals surface area contributed by atoms with Gasteiger partial charge in [0, 0.05) is 6.92 Å². The summed E-state index contributed by atoms with van der Waals surface area (Å²) in [6.45, 7) is 3.40. The predicted octanol–water partition coefficient (Wildman–Crippen LogP) is 2.11. The fourth-order valence-corrected chi connectivity index (χ4v) is 1.51. The molecule has 1 unspecified atom stereocenters. The van der Waals surface area contributed by atoms with Gasteiger partial charge in [-0.2, -0.15) is 0 Å². The zero-order valence-electron chi connectivity index (χ0n) is 9.90. The van der Waals surface area contributed by atoms with Crippen LogP contribution in [0.3, 0.4) is 0 Å². The smallest absolute Gasteiger partial charge is 0.217 e. The molecule has 1 atom stereocenters. The highest BCUT2D eigenvalue weighted by atomic mass is 35.5. The summed E-state index contributed by atoms with van der Waals surface area (Å²) in [5, 5.41) is 2.81. The minimum Gasteiger partial charge on any atom is -0.386 e. The maximum absolute atomic E-state index is 11.0. The number of benzene rings is 1. The Bertz CT molecular complexity index is 432. The molecule has 92 valence electrons. The van der Waals surface area contributed by atoms with Crippen molar-refractivity contribution in [2.24, 2.45) is 10.7 Å². The number of nitrogens with zero attached hydrogens (tertiary/aromatic N) is 1. The van der Waals surface area contributed by atoms with Crippen molar-refractivity contribution in [2.75, 3.05) is 5.88 Å². The van der Waals surface area contributed by atoms with Gasteiger partial charge in [-0.1, -0.05) is 12.1 Å². The van der Waals surface area contributed by atoms with Crippen molar-refractivity contribution < 1.29 is 4.79 Å². The van der Waals surface area contributed by atoms with Gasteiger partial charge in [0.2, 0.25) is 5.91 Å². The predicted molar refractivity (Wildman–Crippen MR) is 70.7 cm³/mol. The molecule has 1 rings (SSSR count). The van der Waals surface area contributed by atoms with E-state index < -0.39 is 0 Å².